The van der Waals surface area contributed by atoms with Crippen LogP contribution in [0.2, 0.25) is 0 Å². The lowest BCUT2D eigenvalue weighted by atomic mass is 9.94. The molecule has 6 heteroatoms. The maximum absolute atomic E-state index is 12.2. The van der Waals surface area contributed by atoms with Crippen molar-refractivity contribution in [1.82, 2.24) is 4.90 Å². The van der Waals surface area contributed by atoms with Crippen molar-refractivity contribution >= 4 is 39.1 Å². The number of carbonyl (C=O) groups is 2. The molecule has 0 aliphatic carbocycles. The van der Waals surface area contributed by atoms with Crippen LogP contribution < -0.4 is 0 Å². The first kappa shape index (κ1) is 14.4. The van der Waals surface area contributed by atoms with Crippen LogP contribution in [0, 0.1) is 0 Å². The second-order valence-corrected chi connectivity index (χ2v) is 6.69. The topological polar surface area (TPSA) is 57.6 Å². The highest BCUT2D eigenvalue weighted by molar-refractivity contribution is 9.10. The molecular formula is C15H12BrNO3S. The zero-order valence-electron chi connectivity index (χ0n) is 11.2. The van der Waals surface area contributed by atoms with Crippen LogP contribution >= 0.6 is 27.3 Å². The normalized spacial score (nSPS) is 16.0. The molecule has 21 heavy (non-hydrogen) atoms. The molecule has 0 spiro atoms. The molecule has 1 aliphatic heterocycles. The van der Waals surface area contributed by atoms with Crippen LogP contribution in [0.1, 0.15) is 32.5 Å². The summed E-state index contributed by atoms with van der Waals surface area (Å²) in [6.07, 6.45) is -0.572. The van der Waals surface area contributed by atoms with Gasteiger partial charge in [0, 0.05) is 17.1 Å². The second kappa shape index (κ2) is 5.36. The number of carbonyl (C=O) groups excluding carboxylic acids is 2. The highest BCUT2D eigenvalue weighted by Gasteiger charge is 2.29. The van der Waals surface area contributed by atoms with E-state index in [9.17, 15) is 14.7 Å². The number of imide groups is 1. The van der Waals surface area contributed by atoms with Gasteiger partial charge in [0.2, 0.25) is 5.91 Å². The number of hydrogen-bond acceptors (Lipinski definition) is 4. The van der Waals surface area contributed by atoms with Crippen molar-refractivity contribution in [3.8, 4) is 0 Å². The molecule has 1 aromatic heterocycles. The summed E-state index contributed by atoms with van der Waals surface area (Å²) >= 11 is 4.84. The molecule has 1 N–H and O–H groups in total. The second-order valence-electron chi connectivity index (χ2n) is 4.89. The maximum Gasteiger partial charge on any atom is 0.260 e. The van der Waals surface area contributed by atoms with Crippen molar-refractivity contribution in [3.05, 3.63) is 55.7 Å². The molecule has 0 fully saturated rings. The quantitative estimate of drug-likeness (QED) is 0.832. The van der Waals surface area contributed by atoms with Gasteiger partial charge < -0.3 is 5.11 Å². The van der Waals surface area contributed by atoms with Gasteiger partial charge in [0.1, 0.15) is 6.10 Å². The number of thiophene rings is 1. The van der Waals surface area contributed by atoms with Gasteiger partial charge in [-0.25, -0.2) is 0 Å². The van der Waals surface area contributed by atoms with Gasteiger partial charge in [0.25, 0.3) is 5.91 Å². The Labute approximate surface area is 134 Å². The number of rotatable bonds is 2. The van der Waals surface area contributed by atoms with Crippen LogP contribution in [0.15, 0.2) is 34.1 Å². The SMILES string of the molecule is CN1C(=O)Cc2ccc(C(O)c3sccc3Br)cc2C1=O. The minimum absolute atomic E-state index is 0.207. The maximum atomic E-state index is 12.2. The fourth-order valence-electron chi connectivity index (χ4n) is 2.34. The van der Waals surface area contributed by atoms with Gasteiger partial charge in [-0.3, -0.25) is 14.5 Å². The Morgan fingerprint density at radius 3 is 2.76 bits per heavy atom. The summed E-state index contributed by atoms with van der Waals surface area (Å²) in [5.41, 5.74) is 1.85. The zero-order chi connectivity index (χ0) is 15.1. The van der Waals surface area contributed by atoms with E-state index in [1.807, 2.05) is 11.4 Å². The molecule has 0 saturated carbocycles. The predicted molar refractivity (Wildman–Crippen MR) is 83.3 cm³/mol. The molecule has 1 unspecified atom stereocenters. The van der Waals surface area contributed by atoms with E-state index in [1.54, 1.807) is 18.2 Å². The first-order valence-electron chi connectivity index (χ1n) is 6.33. The van der Waals surface area contributed by atoms with Crippen molar-refractivity contribution in [2.45, 2.75) is 12.5 Å². The molecule has 108 valence electrons. The molecular weight excluding hydrogens is 354 g/mol. The fourth-order valence-corrected chi connectivity index (χ4v) is 3.95. The number of aliphatic hydroxyl groups excluding tert-OH is 1. The number of fused-ring (bicyclic) bond motifs is 1. The third-order valence-corrected chi connectivity index (χ3v) is 5.52. The van der Waals surface area contributed by atoms with Crippen molar-refractivity contribution in [3.63, 3.8) is 0 Å². The Morgan fingerprint density at radius 2 is 2.10 bits per heavy atom. The van der Waals surface area contributed by atoms with Crippen LogP contribution in [0.3, 0.4) is 0 Å². The lowest BCUT2D eigenvalue weighted by Crippen LogP contribution is -2.39. The van der Waals surface area contributed by atoms with E-state index in [0.717, 1.165) is 14.2 Å². The lowest BCUT2D eigenvalue weighted by Gasteiger charge is -2.24. The largest absolute Gasteiger partial charge is 0.383 e. The molecule has 2 aromatic rings. The van der Waals surface area contributed by atoms with Gasteiger partial charge >= 0.3 is 0 Å². The number of amides is 2. The number of hydrogen-bond donors (Lipinski definition) is 1. The summed E-state index contributed by atoms with van der Waals surface area (Å²) in [4.78, 5) is 25.8. The summed E-state index contributed by atoms with van der Waals surface area (Å²) in [7, 11) is 1.48. The Balaban J connectivity index is 2.02. The number of nitrogens with zero attached hydrogens (tertiary/aromatic N) is 1. The standard InChI is InChI=1S/C15H12BrNO3S/c1-17-12(18)7-8-2-3-9(6-10(8)15(17)20)13(19)14-11(16)4-5-21-14/h2-6,13,19H,7H2,1H3. The Bertz CT molecular complexity index is 740. The molecule has 4 nitrogen and oxygen atoms in total. The molecule has 0 radical (unpaired) electrons. The summed E-state index contributed by atoms with van der Waals surface area (Å²) in [5, 5.41) is 12.3. The van der Waals surface area contributed by atoms with Crippen molar-refractivity contribution in [1.29, 1.82) is 0 Å². The minimum Gasteiger partial charge on any atom is -0.383 e. The first-order valence-corrected chi connectivity index (χ1v) is 8.01. The summed E-state index contributed by atoms with van der Waals surface area (Å²) < 4.78 is 0.844. The van der Waals surface area contributed by atoms with Crippen molar-refractivity contribution < 1.29 is 14.7 Å². The number of aliphatic hydroxyl groups is 1. The van der Waals surface area contributed by atoms with E-state index in [0.29, 0.717) is 16.7 Å². The summed E-state index contributed by atoms with van der Waals surface area (Å²) in [6.45, 7) is 0. The average Bonchev–Trinajstić information content (AvgIpc) is 2.90. The van der Waals surface area contributed by atoms with Gasteiger partial charge in [-0.05, 0) is 44.6 Å². The van der Waals surface area contributed by atoms with Crippen molar-refractivity contribution in [2.75, 3.05) is 7.05 Å². The van der Waals surface area contributed by atoms with E-state index >= 15 is 0 Å². The lowest BCUT2D eigenvalue weighted by molar-refractivity contribution is -0.127. The monoisotopic (exact) mass is 365 g/mol. The molecule has 1 aliphatic rings. The molecule has 0 bridgehead atoms. The Hall–Kier alpha value is -1.50. The third-order valence-electron chi connectivity index (χ3n) is 3.59. The fraction of sp³-hybridized carbons (Fsp3) is 0.200. The van der Waals surface area contributed by atoms with E-state index in [-0.39, 0.29) is 18.2 Å². The molecule has 1 atom stereocenters. The molecule has 1 aromatic carbocycles. The van der Waals surface area contributed by atoms with E-state index in [4.69, 9.17) is 0 Å². The van der Waals surface area contributed by atoms with Gasteiger partial charge in [-0.2, -0.15) is 0 Å². The summed E-state index contributed by atoms with van der Waals surface area (Å²) in [6, 6.07) is 7.07. The summed E-state index contributed by atoms with van der Waals surface area (Å²) in [5.74, 6) is -0.526. The van der Waals surface area contributed by atoms with Crippen LogP contribution in [-0.4, -0.2) is 28.9 Å². The van der Waals surface area contributed by atoms with Crippen molar-refractivity contribution in [2.24, 2.45) is 0 Å². The number of benzene rings is 1. The minimum atomic E-state index is -0.791. The number of likely N-dealkylation sites (N-methyl/N-ethyl adjacent to an activating group) is 1. The molecule has 0 saturated heterocycles. The Kier molecular flexibility index (Phi) is 3.69. The molecule has 2 heterocycles. The third kappa shape index (κ3) is 2.43. The van der Waals surface area contributed by atoms with Gasteiger partial charge in [-0.15, -0.1) is 11.3 Å². The molecule has 3 rings (SSSR count). The van der Waals surface area contributed by atoms with Gasteiger partial charge in [0.15, 0.2) is 0 Å². The smallest absolute Gasteiger partial charge is 0.260 e. The van der Waals surface area contributed by atoms with Crippen LogP contribution in [0.4, 0.5) is 0 Å². The highest BCUT2D eigenvalue weighted by Crippen LogP contribution is 2.34. The van der Waals surface area contributed by atoms with E-state index < -0.39 is 6.10 Å². The molecule has 2 amide bonds. The average molecular weight is 366 g/mol. The first-order chi connectivity index (χ1) is 9.99. The highest BCUT2D eigenvalue weighted by atomic mass is 79.9. The van der Waals surface area contributed by atoms with Crippen LogP contribution in [0.5, 0.6) is 0 Å². The van der Waals surface area contributed by atoms with Gasteiger partial charge in [-0.1, -0.05) is 12.1 Å². The predicted octanol–water partition coefficient (Wildman–Crippen LogP) is 2.75. The van der Waals surface area contributed by atoms with Crippen LogP contribution in [0.25, 0.3) is 0 Å². The van der Waals surface area contributed by atoms with E-state index in [1.165, 1.54) is 18.4 Å². The van der Waals surface area contributed by atoms with E-state index in [2.05, 4.69) is 15.9 Å². The number of halogens is 1. The zero-order valence-corrected chi connectivity index (χ0v) is 13.6. The van der Waals surface area contributed by atoms with Gasteiger partial charge in [0.05, 0.1) is 11.3 Å². The van der Waals surface area contributed by atoms with Crippen LogP contribution in [-0.2, 0) is 11.2 Å². The Morgan fingerprint density at radius 1 is 1.33 bits per heavy atom.